The number of ether oxygens (including phenoxy) is 1. The molecule has 2 heterocycles. The fraction of sp³-hybridized carbons (Fsp3) is 0.727. The first-order valence-corrected chi connectivity index (χ1v) is 5.40. The van der Waals surface area contributed by atoms with E-state index in [2.05, 4.69) is 35.9 Å². The normalized spacial score (nSPS) is 19.1. The molecule has 3 heteroatoms. The molecule has 0 saturated carbocycles. The van der Waals surface area contributed by atoms with Crippen molar-refractivity contribution in [2.24, 2.45) is 0 Å². The fourth-order valence-corrected chi connectivity index (χ4v) is 1.81. The van der Waals surface area contributed by atoms with E-state index in [0.717, 1.165) is 26.1 Å². The van der Waals surface area contributed by atoms with E-state index in [1.807, 2.05) is 0 Å². The lowest BCUT2D eigenvalue weighted by Crippen LogP contribution is -2.20. The second-order valence-corrected chi connectivity index (χ2v) is 4.22. The lowest BCUT2D eigenvalue weighted by atomic mass is 10.1. The van der Waals surface area contributed by atoms with Crippen molar-refractivity contribution >= 4 is 0 Å². The van der Waals surface area contributed by atoms with Crippen LogP contribution in [-0.2, 0) is 4.74 Å². The topological polar surface area (TPSA) is 27.1 Å². The first kappa shape index (κ1) is 9.71. The summed E-state index contributed by atoms with van der Waals surface area (Å²) >= 11 is 0. The molecule has 1 aromatic rings. The van der Waals surface area contributed by atoms with Gasteiger partial charge in [-0.1, -0.05) is 13.8 Å². The summed E-state index contributed by atoms with van der Waals surface area (Å²) in [6, 6.07) is 2.68. The van der Waals surface area contributed by atoms with Crippen LogP contribution in [0.4, 0.5) is 0 Å². The zero-order valence-corrected chi connectivity index (χ0v) is 8.94. The number of nitrogens with zero attached hydrogens (tertiary/aromatic N) is 2. The third kappa shape index (κ3) is 1.98. The van der Waals surface area contributed by atoms with Crippen LogP contribution < -0.4 is 0 Å². The summed E-state index contributed by atoms with van der Waals surface area (Å²) in [5.74, 6) is 0.524. The average molecular weight is 194 g/mol. The Labute approximate surface area is 85.1 Å². The Hall–Kier alpha value is -0.830. The zero-order chi connectivity index (χ0) is 9.97. The second-order valence-electron chi connectivity index (χ2n) is 4.22. The molecule has 1 aliphatic rings. The molecule has 1 fully saturated rings. The van der Waals surface area contributed by atoms with E-state index in [1.165, 1.54) is 5.69 Å². The molecular weight excluding hydrogens is 176 g/mol. The lowest BCUT2D eigenvalue weighted by Gasteiger charge is -2.22. The van der Waals surface area contributed by atoms with Crippen molar-refractivity contribution in [1.82, 2.24) is 9.78 Å². The highest BCUT2D eigenvalue weighted by Crippen LogP contribution is 2.21. The molecule has 0 aromatic carbocycles. The van der Waals surface area contributed by atoms with Gasteiger partial charge in [-0.05, 0) is 24.8 Å². The largest absolute Gasteiger partial charge is 0.381 e. The van der Waals surface area contributed by atoms with Gasteiger partial charge in [-0.15, -0.1) is 0 Å². The van der Waals surface area contributed by atoms with Crippen LogP contribution in [0.3, 0.4) is 0 Å². The Morgan fingerprint density at radius 2 is 2.14 bits per heavy atom. The van der Waals surface area contributed by atoms with Crippen molar-refractivity contribution in [3.8, 4) is 0 Å². The molecule has 0 atom stereocenters. The molecule has 3 nitrogen and oxygen atoms in total. The van der Waals surface area contributed by atoms with Crippen LogP contribution in [0, 0.1) is 0 Å². The predicted molar refractivity (Wildman–Crippen MR) is 55.4 cm³/mol. The maximum absolute atomic E-state index is 5.33. The number of hydrogen-bond donors (Lipinski definition) is 0. The molecule has 1 aromatic heterocycles. The number of hydrogen-bond acceptors (Lipinski definition) is 2. The first-order valence-electron chi connectivity index (χ1n) is 5.40. The lowest BCUT2D eigenvalue weighted by molar-refractivity contribution is 0.0661. The van der Waals surface area contributed by atoms with E-state index >= 15 is 0 Å². The van der Waals surface area contributed by atoms with Gasteiger partial charge in [-0.2, -0.15) is 5.10 Å². The minimum atomic E-state index is 0.524. The van der Waals surface area contributed by atoms with Crippen molar-refractivity contribution in [3.05, 3.63) is 18.0 Å². The molecule has 0 unspecified atom stereocenters. The standard InChI is InChI=1S/C11H18N2O/c1-9(2)11-3-6-13(12-11)10-4-7-14-8-5-10/h3,6,9-10H,4-5,7-8H2,1-2H3. The number of rotatable bonds is 2. The van der Waals surface area contributed by atoms with Crippen LogP contribution in [0.5, 0.6) is 0 Å². The molecule has 78 valence electrons. The Balaban J connectivity index is 2.07. The van der Waals surface area contributed by atoms with Gasteiger partial charge in [0, 0.05) is 19.4 Å². The molecule has 14 heavy (non-hydrogen) atoms. The minimum Gasteiger partial charge on any atom is -0.381 e. The number of aromatic nitrogens is 2. The summed E-state index contributed by atoms with van der Waals surface area (Å²) in [6.07, 6.45) is 4.30. The van der Waals surface area contributed by atoms with E-state index in [1.54, 1.807) is 0 Å². The second kappa shape index (κ2) is 4.13. The van der Waals surface area contributed by atoms with Crippen molar-refractivity contribution in [1.29, 1.82) is 0 Å². The quantitative estimate of drug-likeness (QED) is 0.722. The van der Waals surface area contributed by atoms with Gasteiger partial charge < -0.3 is 4.74 Å². The summed E-state index contributed by atoms with van der Waals surface area (Å²) < 4.78 is 7.44. The van der Waals surface area contributed by atoms with Gasteiger partial charge >= 0.3 is 0 Å². The minimum absolute atomic E-state index is 0.524. The van der Waals surface area contributed by atoms with E-state index < -0.39 is 0 Å². The van der Waals surface area contributed by atoms with Gasteiger partial charge in [0.25, 0.3) is 0 Å². The highest BCUT2D eigenvalue weighted by atomic mass is 16.5. The molecule has 0 aliphatic carbocycles. The molecule has 1 saturated heterocycles. The Kier molecular flexibility index (Phi) is 2.87. The summed E-state index contributed by atoms with van der Waals surface area (Å²) in [6.45, 7) is 6.11. The van der Waals surface area contributed by atoms with Crippen molar-refractivity contribution in [2.75, 3.05) is 13.2 Å². The summed E-state index contributed by atoms with van der Waals surface area (Å²) in [4.78, 5) is 0. The Morgan fingerprint density at radius 1 is 1.43 bits per heavy atom. The SMILES string of the molecule is CC(C)c1ccn(C2CCOCC2)n1. The van der Waals surface area contributed by atoms with Gasteiger partial charge in [0.2, 0.25) is 0 Å². The Morgan fingerprint density at radius 3 is 2.71 bits per heavy atom. The highest BCUT2D eigenvalue weighted by molar-refractivity contribution is 5.04. The van der Waals surface area contributed by atoms with E-state index in [0.29, 0.717) is 12.0 Å². The molecule has 0 amide bonds. The van der Waals surface area contributed by atoms with Crippen molar-refractivity contribution in [3.63, 3.8) is 0 Å². The molecule has 0 bridgehead atoms. The smallest absolute Gasteiger partial charge is 0.0650 e. The third-order valence-electron chi connectivity index (χ3n) is 2.79. The van der Waals surface area contributed by atoms with Gasteiger partial charge in [-0.25, -0.2) is 0 Å². The van der Waals surface area contributed by atoms with Crippen molar-refractivity contribution < 1.29 is 4.74 Å². The summed E-state index contributed by atoms with van der Waals surface area (Å²) in [7, 11) is 0. The zero-order valence-electron chi connectivity index (χ0n) is 8.94. The van der Waals surface area contributed by atoms with Gasteiger partial charge in [-0.3, -0.25) is 4.68 Å². The molecular formula is C11H18N2O. The highest BCUT2D eigenvalue weighted by Gasteiger charge is 2.16. The van der Waals surface area contributed by atoms with Crippen LogP contribution in [0.1, 0.15) is 44.3 Å². The maximum atomic E-state index is 5.33. The van der Waals surface area contributed by atoms with Crippen LogP contribution >= 0.6 is 0 Å². The Bertz CT molecular complexity index is 287. The fourth-order valence-electron chi connectivity index (χ4n) is 1.81. The predicted octanol–water partition coefficient (Wildman–Crippen LogP) is 2.36. The molecule has 0 radical (unpaired) electrons. The summed E-state index contributed by atoms with van der Waals surface area (Å²) in [5.41, 5.74) is 1.19. The summed E-state index contributed by atoms with van der Waals surface area (Å²) in [5, 5.41) is 4.59. The van der Waals surface area contributed by atoms with E-state index in [4.69, 9.17) is 4.74 Å². The molecule has 1 aliphatic heterocycles. The molecule has 0 N–H and O–H groups in total. The maximum Gasteiger partial charge on any atom is 0.0650 e. The van der Waals surface area contributed by atoms with E-state index in [-0.39, 0.29) is 0 Å². The first-order chi connectivity index (χ1) is 6.77. The van der Waals surface area contributed by atoms with Gasteiger partial charge in [0.15, 0.2) is 0 Å². The van der Waals surface area contributed by atoms with Gasteiger partial charge in [0.1, 0.15) is 0 Å². The van der Waals surface area contributed by atoms with Crippen LogP contribution in [0.15, 0.2) is 12.3 Å². The molecule has 0 spiro atoms. The van der Waals surface area contributed by atoms with Crippen LogP contribution in [-0.4, -0.2) is 23.0 Å². The van der Waals surface area contributed by atoms with Gasteiger partial charge in [0.05, 0.1) is 11.7 Å². The van der Waals surface area contributed by atoms with Crippen molar-refractivity contribution in [2.45, 2.75) is 38.6 Å². The monoisotopic (exact) mass is 194 g/mol. The third-order valence-corrected chi connectivity index (χ3v) is 2.79. The van der Waals surface area contributed by atoms with Crippen LogP contribution in [0.2, 0.25) is 0 Å². The molecule has 2 rings (SSSR count). The van der Waals surface area contributed by atoms with Crippen LogP contribution in [0.25, 0.3) is 0 Å². The average Bonchev–Trinajstić information content (AvgIpc) is 2.68. The van der Waals surface area contributed by atoms with E-state index in [9.17, 15) is 0 Å².